The zero-order chi connectivity index (χ0) is 11.6. The fourth-order valence-corrected chi connectivity index (χ4v) is 1.80. The second-order valence-corrected chi connectivity index (χ2v) is 5.25. The average molecular weight is 213 g/mol. The predicted molar refractivity (Wildman–Crippen MR) is 56.4 cm³/mol. The van der Waals surface area contributed by atoms with Crippen molar-refractivity contribution in [2.45, 2.75) is 33.6 Å². The molecule has 0 aromatic carbocycles. The van der Waals surface area contributed by atoms with E-state index in [0.29, 0.717) is 25.4 Å². The number of nitrogens with zero attached hydrogens (tertiary/aromatic N) is 1. The van der Waals surface area contributed by atoms with E-state index in [4.69, 9.17) is 5.11 Å². The SMILES string of the molecule is CC(C)(C)C1CC(=O)N(CCC(=O)O)C1. The first-order valence-corrected chi connectivity index (χ1v) is 5.30. The van der Waals surface area contributed by atoms with E-state index >= 15 is 0 Å². The van der Waals surface area contributed by atoms with Crippen molar-refractivity contribution in [3.8, 4) is 0 Å². The van der Waals surface area contributed by atoms with Crippen molar-refractivity contribution in [2.75, 3.05) is 13.1 Å². The van der Waals surface area contributed by atoms with E-state index in [9.17, 15) is 9.59 Å². The maximum absolute atomic E-state index is 11.6. The minimum absolute atomic E-state index is 0.0442. The lowest BCUT2D eigenvalue weighted by Crippen LogP contribution is -2.29. The molecule has 1 amide bonds. The summed E-state index contributed by atoms with van der Waals surface area (Å²) in [5, 5.41) is 8.55. The van der Waals surface area contributed by atoms with Crippen LogP contribution in [0.2, 0.25) is 0 Å². The van der Waals surface area contributed by atoms with E-state index < -0.39 is 5.97 Å². The molecule has 86 valence electrons. The molecule has 1 rings (SSSR count). The Morgan fingerprint density at radius 1 is 1.53 bits per heavy atom. The second-order valence-electron chi connectivity index (χ2n) is 5.25. The lowest BCUT2D eigenvalue weighted by atomic mass is 9.80. The third-order valence-electron chi connectivity index (χ3n) is 3.03. The summed E-state index contributed by atoms with van der Waals surface area (Å²) in [5.74, 6) is -0.406. The summed E-state index contributed by atoms with van der Waals surface area (Å²) in [6.45, 7) is 7.40. The van der Waals surface area contributed by atoms with E-state index in [2.05, 4.69) is 20.8 Å². The van der Waals surface area contributed by atoms with Crippen LogP contribution in [0.25, 0.3) is 0 Å². The molecule has 1 heterocycles. The lowest BCUT2D eigenvalue weighted by Gasteiger charge is -2.26. The minimum atomic E-state index is -0.845. The maximum Gasteiger partial charge on any atom is 0.305 e. The molecule has 1 unspecified atom stereocenters. The van der Waals surface area contributed by atoms with Gasteiger partial charge in [-0.2, -0.15) is 0 Å². The highest BCUT2D eigenvalue weighted by molar-refractivity contribution is 5.79. The van der Waals surface area contributed by atoms with Crippen molar-refractivity contribution >= 4 is 11.9 Å². The Balaban J connectivity index is 2.50. The lowest BCUT2D eigenvalue weighted by molar-refractivity contribution is -0.137. The van der Waals surface area contributed by atoms with Crippen LogP contribution in [-0.2, 0) is 9.59 Å². The first-order chi connectivity index (χ1) is 6.80. The molecule has 4 nitrogen and oxygen atoms in total. The molecule has 0 aromatic rings. The van der Waals surface area contributed by atoms with Crippen LogP contribution >= 0.6 is 0 Å². The molecular weight excluding hydrogens is 194 g/mol. The normalized spacial score (nSPS) is 22.2. The number of carboxylic acid groups (broad SMARTS) is 1. The number of rotatable bonds is 3. The van der Waals surface area contributed by atoms with E-state index in [1.54, 1.807) is 4.90 Å². The average Bonchev–Trinajstić information content (AvgIpc) is 2.42. The molecule has 1 aliphatic heterocycles. The number of carbonyl (C=O) groups excluding carboxylic acids is 1. The summed E-state index contributed by atoms with van der Waals surface area (Å²) in [4.78, 5) is 23.7. The zero-order valence-corrected chi connectivity index (χ0v) is 9.62. The number of carboxylic acids is 1. The summed E-state index contributed by atoms with van der Waals surface area (Å²) in [6, 6.07) is 0. The summed E-state index contributed by atoms with van der Waals surface area (Å²) in [7, 11) is 0. The van der Waals surface area contributed by atoms with Crippen molar-refractivity contribution in [1.29, 1.82) is 0 Å². The summed E-state index contributed by atoms with van der Waals surface area (Å²) >= 11 is 0. The Morgan fingerprint density at radius 2 is 2.13 bits per heavy atom. The van der Waals surface area contributed by atoms with Crippen molar-refractivity contribution in [2.24, 2.45) is 11.3 Å². The summed E-state index contributed by atoms with van der Waals surface area (Å²) in [6.07, 6.45) is 0.603. The standard InChI is InChI=1S/C11H19NO3/c1-11(2,3)8-6-9(13)12(7-8)5-4-10(14)15/h8H,4-7H2,1-3H3,(H,14,15). The van der Waals surface area contributed by atoms with Gasteiger partial charge in [0.05, 0.1) is 6.42 Å². The first kappa shape index (κ1) is 12.0. The molecular formula is C11H19NO3. The van der Waals surface area contributed by atoms with Crippen LogP contribution in [0.5, 0.6) is 0 Å². The van der Waals surface area contributed by atoms with Gasteiger partial charge in [-0.25, -0.2) is 0 Å². The predicted octanol–water partition coefficient (Wildman–Crippen LogP) is 1.36. The molecule has 1 fully saturated rings. The van der Waals surface area contributed by atoms with Gasteiger partial charge in [-0.05, 0) is 11.3 Å². The van der Waals surface area contributed by atoms with Crippen molar-refractivity contribution in [3.05, 3.63) is 0 Å². The highest BCUT2D eigenvalue weighted by Gasteiger charge is 2.36. The highest BCUT2D eigenvalue weighted by atomic mass is 16.4. The Labute approximate surface area is 90.3 Å². The van der Waals surface area contributed by atoms with Gasteiger partial charge in [0.25, 0.3) is 0 Å². The molecule has 0 spiro atoms. The molecule has 0 aliphatic carbocycles. The van der Waals surface area contributed by atoms with Crippen molar-refractivity contribution in [1.82, 2.24) is 4.90 Å². The van der Waals surface area contributed by atoms with E-state index in [1.807, 2.05) is 0 Å². The van der Waals surface area contributed by atoms with Gasteiger partial charge in [0, 0.05) is 19.5 Å². The third-order valence-corrected chi connectivity index (χ3v) is 3.03. The van der Waals surface area contributed by atoms with Crippen LogP contribution < -0.4 is 0 Å². The second kappa shape index (κ2) is 4.21. The van der Waals surface area contributed by atoms with Gasteiger partial charge in [0.2, 0.25) is 5.91 Å². The van der Waals surface area contributed by atoms with Gasteiger partial charge >= 0.3 is 5.97 Å². The van der Waals surface area contributed by atoms with Crippen LogP contribution in [0.1, 0.15) is 33.6 Å². The van der Waals surface area contributed by atoms with E-state index in [0.717, 1.165) is 0 Å². The largest absolute Gasteiger partial charge is 0.481 e. The number of hydrogen-bond donors (Lipinski definition) is 1. The van der Waals surface area contributed by atoms with Gasteiger partial charge < -0.3 is 10.0 Å². The Kier molecular flexibility index (Phi) is 3.37. The summed E-state index contributed by atoms with van der Waals surface area (Å²) in [5.41, 5.74) is 0.119. The van der Waals surface area contributed by atoms with Gasteiger partial charge in [0.15, 0.2) is 0 Å². The van der Waals surface area contributed by atoms with Gasteiger partial charge in [-0.3, -0.25) is 9.59 Å². The monoisotopic (exact) mass is 213 g/mol. The third kappa shape index (κ3) is 3.22. The Hall–Kier alpha value is -1.06. The Morgan fingerprint density at radius 3 is 2.53 bits per heavy atom. The molecule has 1 N–H and O–H groups in total. The molecule has 0 radical (unpaired) electrons. The molecule has 4 heteroatoms. The fraction of sp³-hybridized carbons (Fsp3) is 0.818. The molecule has 0 bridgehead atoms. The van der Waals surface area contributed by atoms with Crippen molar-refractivity contribution < 1.29 is 14.7 Å². The van der Waals surface area contributed by atoms with Gasteiger partial charge in [-0.1, -0.05) is 20.8 Å². The van der Waals surface area contributed by atoms with Crippen LogP contribution in [0.15, 0.2) is 0 Å². The molecule has 1 atom stereocenters. The number of carbonyl (C=O) groups is 2. The van der Waals surface area contributed by atoms with Crippen LogP contribution in [0.3, 0.4) is 0 Å². The topological polar surface area (TPSA) is 57.6 Å². The molecule has 1 aliphatic rings. The molecule has 1 saturated heterocycles. The van der Waals surface area contributed by atoms with E-state index in [-0.39, 0.29) is 17.7 Å². The first-order valence-electron chi connectivity index (χ1n) is 5.30. The quantitative estimate of drug-likeness (QED) is 0.770. The van der Waals surface area contributed by atoms with Gasteiger partial charge in [0.1, 0.15) is 0 Å². The number of likely N-dealkylation sites (tertiary alicyclic amines) is 1. The fourth-order valence-electron chi connectivity index (χ4n) is 1.80. The van der Waals surface area contributed by atoms with Gasteiger partial charge in [-0.15, -0.1) is 0 Å². The number of aliphatic carboxylic acids is 1. The number of amides is 1. The molecule has 0 saturated carbocycles. The zero-order valence-electron chi connectivity index (χ0n) is 9.62. The Bertz CT molecular complexity index is 267. The van der Waals surface area contributed by atoms with Crippen LogP contribution in [0.4, 0.5) is 0 Å². The van der Waals surface area contributed by atoms with E-state index in [1.165, 1.54) is 0 Å². The minimum Gasteiger partial charge on any atom is -0.481 e. The smallest absolute Gasteiger partial charge is 0.305 e. The molecule has 0 aromatic heterocycles. The molecule has 15 heavy (non-hydrogen) atoms. The highest BCUT2D eigenvalue weighted by Crippen LogP contribution is 2.34. The summed E-state index contributed by atoms with van der Waals surface area (Å²) < 4.78 is 0. The maximum atomic E-state index is 11.6. The van der Waals surface area contributed by atoms with Crippen molar-refractivity contribution in [3.63, 3.8) is 0 Å². The van der Waals surface area contributed by atoms with Crippen LogP contribution in [-0.4, -0.2) is 35.0 Å². The number of hydrogen-bond acceptors (Lipinski definition) is 2. The van der Waals surface area contributed by atoms with Crippen LogP contribution in [0, 0.1) is 11.3 Å².